The van der Waals surface area contributed by atoms with Crippen LogP contribution in [0.15, 0.2) is 0 Å². The van der Waals surface area contributed by atoms with Gasteiger partial charge in [-0.3, -0.25) is 4.79 Å². The zero-order chi connectivity index (χ0) is 8.81. The average Bonchev–Trinajstić information content (AvgIpc) is 1.98. The summed E-state index contributed by atoms with van der Waals surface area (Å²) >= 11 is 0. The highest BCUT2D eigenvalue weighted by molar-refractivity contribution is 5.77. The first-order valence-corrected chi connectivity index (χ1v) is 4.41. The van der Waals surface area contributed by atoms with E-state index >= 15 is 0 Å². The van der Waals surface area contributed by atoms with Crippen molar-refractivity contribution < 1.29 is 9.53 Å². The van der Waals surface area contributed by atoms with Crippen molar-refractivity contribution in [1.29, 1.82) is 0 Å². The van der Waals surface area contributed by atoms with Crippen molar-refractivity contribution in [1.82, 2.24) is 5.32 Å². The van der Waals surface area contributed by atoms with Crippen LogP contribution in [0.2, 0.25) is 0 Å². The van der Waals surface area contributed by atoms with Crippen molar-refractivity contribution in [3.05, 3.63) is 0 Å². The predicted octanol–water partition coefficient (Wildman–Crippen LogP) is -0.370. The molecule has 4 heteroatoms. The van der Waals surface area contributed by atoms with Crippen LogP contribution in [0.1, 0.15) is 19.3 Å². The van der Waals surface area contributed by atoms with E-state index < -0.39 is 0 Å². The van der Waals surface area contributed by atoms with Gasteiger partial charge < -0.3 is 15.8 Å². The molecule has 0 heterocycles. The Morgan fingerprint density at radius 2 is 2.33 bits per heavy atom. The fourth-order valence-electron chi connectivity index (χ4n) is 0.994. The van der Waals surface area contributed by atoms with E-state index in [-0.39, 0.29) is 12.5 Å². The molecule has 1 amide bonds. The number of hydrogen-bond donors (Lipinski definition) is 2. The lowest BCUT2D eigenvalue weighted by atomic mass is 9.96. The summed E-state index contributed by atoms with van der Waals surface area (Å²) in [7, 11) is 0. The Kier molecular flexibility index (Phi) is 4.04. The molecule has 0 atom stereocenters. The van der Waals surface area contributed by atoms with Crippen LogP contribution < -0.4 is 11.1 Å². The summed E-state index contributed by atoms with van der Waals surface area (Å²) in [6.07, 6.45) is 3.76. The summed E-state index contributed by atoms with van der Waals surface area (Å²) in [5.74, 6) is -0.0626. The fraction of sp³-hybridized carbons (Fsp3) is 0.875. The maximum Gasteiger partial charge on any atom is 0.246 e. The number of carbonyl (C=O) groups excluding carboxylic acids is 1. The minimum atomic E-state index is -0.0626. The van der Waals surface area contributed by atoms with Gasteiger partial charge in [0.2, 0.25) is 5.91 Å². The summed E-state index contributed by atoms with van der Waals surface area (Å²) in [6, 6.07) is 0. The maximum atomic E-state index is 11.0. The highest BCUT2D eigenvalue weighted by Crippen LogP contribution is 2.21. The van der Waals surface area contributed by atoms with E-state index in [2.05, 4.69) is 5.32 Å². The van der Waals surface area contributed by atoms with Crippen LogP contribution in [0.25, 0.3) is 0 Å². The Hall–Kier alpha value is -0.610. The van der Waals surface area contributed by atoms with Crippen molar-refractivity contribution in [2.24, 2.45) is 5.73 Å². The predicted molar refractivity (Wildman–Crippen MR) is 45.7 cm³/mol. The molecule has 1 rings (SSSR count). The molecule has 1 aliphatic rings. The lowest BCUT2D eigenvalue weighted by Gasteiger charge is -2.24. The minimum Gasteiger partial charge on any atom is -0.368 e. The first kappa shape index (κ1) is 9.48. The number of nitrogens with one attached hydrogen (secondary N) is 1. The molecule has 3 N–H and O–H groups in total. The summed E-state index contributed by atoms with van der Waals surface area (Å²) in [5.41, 5.74) is 5.21. The van der Waals surface area contributed by atoms with Gasteiger partial charge in [0.25, 0.3) is 0 Å². The van der Waals surface area contributed by atoms with Gasteiger partial charge in [-0.05, 0) is 19.3 Å². The second kappa shape index (κ2) is 5.11. The highest BCUT2D eigenvalue weighted by atomic mass is 16.5. The Morgan fingerprint density at radius 1 is 1.58 bits per heavy atom. The van der Waals surface area contributed by atoms with Gasteiger partial charge in [0, 0.05) is 13.1 Å². The third kappa shape index (κ3) is 3.19. The molecule has 12 heavy (non-hydrogen) atoms. The van der Waals surface area contributed by atoms with Gasteiger partial charge in [-0.15, -0.1) is 0 Å². The summed E-state index contributed by atoms with van der Waals surface area (Å²) in [6.45, 7) is 1.20. The Balaban J connectivity index is 1.94. The fourth-order valence-corrected chi connectivity index (χ4v) is 0.994. The molecule has 1 fully saturated rings. The zero-order valence-corrected chi connectivity index (χ0v) is 7.21. The van der Waals surface area contributed by atoms with Gasteiger partial charge in [0.15, 0.2) is 0 Å². The van der Waals surface area contributed by atoms with E-state index in [0.717, 1.165) is 12.8 Å². The molecule has 0 aromatic carbocycles. The van der Waals surface area contributed by atoms with E-state index in [4.69, 9.17) is 10.5 Å². The van der Waals surface area contributed by atoms with Gasteiger partial charge in [-0.2, -0.15) is 0 Å². The lowest BCUT2D eigenvalue weighted by molar-refractivity contribution is -0.129. The van der Waals surface area contributed by atoms with Crippen LogP contribution in [0.4, 0.5) is 0 Å². The molecule has 0 unspecified atom stereocenters. The smallest absolute Gasteiger partial charge is 0.246 e. The van der Waals surface area contributed by atoms with Crippen LogP contribution in [-0.2, 0) is 9.53 Å². The van der Waals surface area contributed by atoms with Crippen molar-refractivity contribution in [3.63, 3.8) is 0 Å². The maximum absolute atomic E-state index is 11.0. The van der Waals surface area contributed by atoms with E-state index in [1.54, 1.807) is 0 Å². The number of amides is 1. The molecule has 0 aliphatic heterocycles. The van der Waals surface area contributed by atoms with Gasteiger partial charge in [0.05, 0.1) is 6.10 Å². The zero-order valence-electron chi connectivity index (χ0n) is 7.21. The van der Waals surface area contributed by atoms with Crippen LogP contribution >= 0.6 is 0 Å². The summed E-state index contributed by atoms with van der Waals surface area (Å²) in [4.78, 5) is 11.0. The third-order valence-electron chi connectivity index (χ3n) is 1.97. The molecule has 1 saturated carbocycles. The van der Waals surface area contributed by atoms with Crippen molar-refractivity contribution in [3.8, 4) is 0 Å². The Bertz CT molecular complexity index is 146. The van der Waals surface area contributed by atoms with Crippen molar-refractivity contribution >= 4 is 5.91 Å². The molecule has 0 radical (unpaired) electrons. The van der Waals surface area contributed by atoms with Crippen LogP contribution in [0.5, 0.6) is 0 Å². The van der Waals surface area contributed by atoms with Crippen LogP contribution in [0, 0.1) is 0 Å². The topological polar surface area (TPSA) is 64.3 Å². The molecule has 0 aromatic rings. The lowest BCUT2D eigenvalue weighted by Crippen LogP contribution is -2.34. The van der Waals surface area contributed by atoms with Crippen molar-refractivity contribution in [2.45, 2.75) is 25.4 Å². The number of nitrogens with two attached hydrogens (primary N) is 1. The number of ether oxygens (including phenoxy) is 1. The van der Waals surface area contributed by atoms with E-state index in [0.29, 0.717) is 19.2 Å². The van der Waals surface area contributed by atoms with E-state index in [1.165, 1.54) is 6.42 Å². The molecule has 70 valence electrons. The van der Waals surface area contributed by atoms with Crippen LogP contribution in [0.3, 0.4) is 0 Å². The summed E-state index contributed by atoms with van der Waals surface area (Å²) < 4.78 is 5.28. The molecule has 0 spiro atoms. The molecule has 0 aromatic heterocycles. The van der Waals surface area contributed by atoms with Gasteiger partial charge in [-0.1, -0.05) is 0 Å². The minimum absolute atomic E-state index is 0.0626. The Labute approximate surface area is 72.5 Å². The Morgan fingerprint density at radius 3 is 2.83 bits per heavy atom. The quantitative estimate of drug-likeness (QED) is 0.594. The normalized spacial score (nSPS) is 17.1. The number of carbonyl (C=O) groups is 1. The van der Waals surface area contributed by atoms with Gasteiger partial charge in [-0.25, -0.2) is 0 Å². The van der Waals surface area contributed by atoms with Gasteiger partial charge >= 0.3 is 0 Å². The summed E-state index contributed by atoms with van der Waals surface area (Å²) in [5, 5.41) is 2.65. The monoisotopic (exact) mass is 172 g/mol. The molecule has 0 bridgehead atoms. The van der Waals surface area contributed by atoms with E-state index in [1.807, 2.05) is 0 Å². The molecular weight excluding hydrogens is 156 g/mol. The standard InChI is InChI=1S/C8H16N2O2/c9-4-5-10-8(11)6-12-7-2-1-3-7/h7H,1-6,9H2,(H,10,11). The number of rotatable bonds is 5. The average molecular weight is 172 g/mol. The first-order valence-electron chi connectivity index (χ1n) is 4.41. The van der Waals surface area contributed by atoms with Gasteiger partial charge in [0.1, 0.15) is 6.61 Å². The molecule has 1 aliphatic carbocycles. The molecule has 0 saturated heterocycles. The molecular formula is C8H16N2O2. The largest absolute Gasteiger partial charge is 0.368 e. The second-order valence-electron chi connectivity index (χ2n) is 3.00. The second-order valence-corrected chi connectivity index (χ2v) is 3.00. The van der Waals surface area contributed by atoms with Crippen LogP contribution in [-0.4, -0.2) is 31.7 Å². The molecule has 4 nitrogen and oxygen atoms in total. The van der Waals surface area contributed by atoms with Crippen molar-refractivity contribution in [2.75, 3.05) is 19.7 Å². The number of hydrogen-bond acceptors (Lipinski definition) is 3. The highest BCUT2D eigenvalue weighted by Gasteiger charge is 2.18. The third-order valence-corrected chi connectivity index (χ3v) is 1.97. The SMILES string of the molecule is NCCNC(=O)COC1CCC1. The van der Waals surface area contributed by atoms with E-state index in [9.17, 15) is 4.79 Å². The first-order chi connectivity index (χ1) is 5.83.